The molecule has 0 amide bonds. The Morgan fingerprint density at radius 1 is 0.871 bits per heavy atom. The Bertz CT molecular complexity index is 1140. The van der Waals surface area contributed by atoms with Gasteiger partial charge in [0.25, 0.3) is 0 Å². The Kier molecular flexibility index (Phi) is 5.45. The maximum absolute atomic E-state index is 13.0. The second-order valence-corrected chi connectivity index (χ2v) is 8.96. The van der Waals surface area contributed by atoms with Crippen molar-refractivity contribution in [1.82, 2.24) is 4.90 Å². The molecule has 2 fully saturated rings. The fourth-order valence-corrected chi connectivity index (χ4v) is 5.17. The minimum atomic E-state index is -0.183. The van der Waals surface area contributed by atoms with Gasteiger partial charge in [-0.2, -0.15) is 0 Å². The standard InChI is InChI=1S/C26H31N3O2/c1-19-9-10-23(20(2)17-19)28-13-15-29(16-14-28)25-21-7-3-4-8-24(21)31-26(30)22(25)18-27-11-5-6-12-27/h3-4,7-10,17H,5-6,11-16,18H2,1-2H3. The summed E-state index contributed by atoms with van der Waals surface area (Å²) in [6.07, 6.45) is 2.42. The number of rotatable bonds is 4. The van der Waals surface area contributed by atoms with E-state index in [4.69, 9.17) is 4.42 Å². The largest absolute Gasteiger partial charge is 0.422 e. The van der Waals surface area contributed by atoms with Crippen molar-refractivity contribution >= 4 is 22.3 Å². The summed E-state index contributed by atoms with van der Waals surface area (Å²) < 4.78 is 5.73. The maximum atomic E-state index is 13.0. The SMILES string of the molecule is Cc1ccc(N2CCN(c3c(CN4CCCC4)c(=O)oc4ccccc34)CC2)c(C)c1. The monoisotopic (exact) mass is 417 g/mol. The topological polar surface area (TPSA) is 39.9 Å². The molecule has 0 unspecified atom stereocenters. The highest BCUT2D eigenvalue weighted by atomic mass is 16.4. The van der Waals surface area contributed by atoms with Crippen LogP contribution < -0.4 is 15.4 Å². The van der Waals surface area contributed by atoms with Gasteiger partial charge in [-0.15, -0.1) is 0 Å². The van der Waals surface area contributed by atoms with Gasteiger partial charge in [0.2, 0.25) is 0 Å². The van der Waals surface area contributed by atoms with E-state index < -0.39 is 0 Å². The lowest BCUT2D eigenvalue weighted by atomic mass is 10.1. The molecule has 5 heteroatoms. The Morgan fingerprint density at radius 2 is 1.58 bits per heavy atom. The normalized spacial score (nSPS) is 17.6. The number of para-hydroxylation sites is 1. The number of anilines is 2. The van der Waals surface area contributed by atoms with Crippen LogP contribution in [0.5, 0.6) is 0 Å². The first-order valence-electron chi connectivity index (χ1n) is 11.4. The average Bonchev–Trinajstić information content (AvgIpc) is 3.28. The molecule has 0 spiro atoms. The van der Waals surface area contributed by atoms with Crippen LogP contribution in [0.1, 0.15) is 29.5 Å². The van der Waals surface area contributed by atoms with Crippen molar-refractivity contribution in [3.63, 3.8) is 0 Å². The first-order valence-corrected chi connectivity index (χ1v) is 11.4. The van der Waals surface area contributed by atoms with Crippen LogP contribution in [-0.2, 0) is 6.54 Å². The van der Waals surface area contributed by atoms with Gasteiger partial charge in [-0.1, -0.05) is 29.8 Å². The summed E-state index contributed by atoms with van der Waals surface area (Å²) in [6, 6.07) is 14.7. The summed E-state index contributed by atoms with van der Waals surface area (Å²) >= 11 is 0. The number of piperazine rings is 1. The highest BCUT2D eigenvalue weighted by molar-refractivity contribution is 5.92. The molecule has 1 aromatic heterocycles. The third-order valence-electron chi connectivity index (χ3n) is 6.75. The van der Waals surface area contributed by atoms with E-state index in [-0.39, 0.29) is 5.63 Å². The van der Waals surface area contributed by atoms with Gasteiger partial charge in [0.1, 0.15) is 5.58 Å². The second kappa shape index (κ2) is 8.39. The third-order valence-corrected chi connectivity index (χ3v) is 6.75. The van der Waals surface area contributed by atoms with Gasteiger partial charge in [0.05, 0.1) is 11.3 Å². The van der Waals surface area contributed by atoms with Crippen molar-refractivity contribution < 1.29 is 4.42 Å². The molecule has 5 nitrogen and oxygen atoms in total. The zero-order chi connectivity index (χ0) is 21.4. The number of fused-ring (bicyclic) bond motifs is 1. The molecule has 0 radical (unpaired) electrons. The van der Waals surface area contributed by atoms with E-state index in [2.05, 4.69) is 52.8 Å². The summed E-state index contributed by atoms with van der Waals surface area (Å²) in [5.41, 5.74) is 6.35. The Labute approximate surface area is 183 Å². The Balaban J connectivity index is 1.47. The van der Waals surface area contributed by atoms with Crippen molar-refractivity contribution in [3.05, 3.63) is 69.6 Å². The van der Waals surface area contributed by atoms with Crippen LogP contribution >= 0.6 is 0 Å². The van der Waals surface area contributed by atoms with E-state index in [0.29, 0.717) is 12.1 Å². The summed E-state index contributed by atoms with van der Waals surface area (Å²) in [5, 5.41) is 1.05. The molecule has 0 saturated carbocycles. The molecule has 31 heavy (non-hydrogen) atoms. The number of benzene rings is 2. The number of aryl methyl sites for hydroxylation is 2. The van der Waals surface area contributed by atoms with E-state index in [1.54, 1.807) is 0 Å². The van der Waals surface area contributed by atoms with Crippen LogP contribution in [0, 0.1) is 13.8 Å². The van der Waals surface area contributed by atoms with Crippen LogP contribution in [0.3, 0.4) is 0 Å². The Hall–Kier alpha value is -2.79. The average molecular weight is 418 g/mol. The maximum Gasteiger partial charge on any atom is 0.342 e. The lowest BCUT2D eigenvalue weighted by Crippen LogP contribution is -2.47. The van der Waals surface area contributed by atoms with Gasteiger partial charge in [-0.3, -0.25) is 4.90 Å². The van der Waals surface area contributed by atoms with Crippen molar-refractivity contribution in [3.8, 4) is 0 Å². The molecular weight excluding hydrogens is 386 g/mol. The lowest BCUT2D eigenvalue weighted by molar-refractivity contribution is 0.325. The number of hydrogen-bond donors (Lipinski definition) is 0. The van der Waals surface area contributed by atoms with Gasteiger partial charge < -0.3 is 14.2 Å². The van der Waals surface area contributed by atoms with Crippen LogP contribution in [0.15, 0.2) is 51.7 Å². The molecule has 2 aliphatic heterocycles. The highest BCUT2D eigenvalue weighted by Crippen LogP contribution is 2.32. The molecule has 3 aromatic rings. The molecule has 0 bridgehead atoms. The van der Waals surface area contributed by atoms with Gasteiger partial charge in [0.15, 0.2) is 0 Å². The zero-order valence-electron chi connectivity index (χ0n) is 18.6. The second-order valence-electron chi connectivity index (χ2n) is 8.96. The highest BCUT2D eigenvalue weighted by Gasteiger charge is 2.26. The van der Waals surface area contributed by atoms with E-state index in [0.717, 1.165) is 55.9 Å². The molecule has 162 valence electrons. The fraction of sp³-hybridized carbons (Fsp3) is 0.423. The predicted octanol–water partition coefficient (Wildman–Crippen LogP) is 4.33. The van der Waals surface area contributed by atoms with Crippen molar-refractivity contribution in [2.75, 3.05) is 49.1 Å². The van der Waals surface area contributed by atoms with E-state index in [9.17, 15) is 4.79 Å². The van der Waals surface area contributed by atoms with Crippen LogP contribution in [0.25, 0.3) is 11.0 Å². The quantitative estimate of drug-likeness (QED) is 0.591. The molecule has 2 saturated heterocycles. The number of hydrogen-bond acceptors (Lipinski definition) is 5. The third kappa shape index (κ3) is 3.94. The minimum Gasteiger partial charge on any atom is -0.422 e. The minimum absolute atomic E-state index is 0.183. The molecule has 0 N–H and O–H groups in total. The van der Waals surface area contributed by atoms with Gasteiger partial charge in [-0.25, -0.2) is 4.79 Å². The molecule has 2 aliphatic rings. The van der Waals surface area contributed by atoms with Crippen molar-refractivity contribution in [2.45, 2.75) is 33.2 Å². The van der Waals surface area contributed by atoms with Crippen LogP contribution in [-0.4, -0.2) is 44.2 Å². The first kappa shape index (κ1) is 20.1. The van der Waals surface area contributed by atoms with Crippen molar-refractivity contribution in [1.29, 1.82) is 0 Å². The van der Waals surface area contributed by atoms with Gasteiger partial charge in [-0.05, 0) is 63.5 Å². The summed E-state index contributed by atoms with van der Waals surface area (Å²) in [4.78, 5) is 20.3. The Morgan fingerprint density at radius 3 is 2.32 bits per heavy atom. The number of nitrogens with zero attached hydrogens (tertiary/aromatic N) is 3. The van der Waals surface area contributed by atoms with Crippen LogP contribution in [0.4, 0.5) is 11.4 Å². The van der Waals surface area contributed by atoms with E-state index >= 15 is 0 Å². The van der Waals surface area contributed by atoms with Gasteiger partial charge in [0, 0.05) is 43.8 Å². The molecule has 2 aromatic carbocycles. The fourth-order valence-electron chi connectivity index (χ4n) is 5.17. The zero-order valence-corrected chi connectivity index (χ0v) is 18.6. The molecular formula is C26H31N3O2. The lowest BCUT2D eigenvalue weighted by Gasteiger charge is -2.39. The van der Waals surface area contributed by atoms with E-state index in [1.807, 2.05) is 18.2 Å². The first-order chi connectivity index (χ1) is 15.1. The summed E-state index contributed by atoms with van der Waals surface area (Å²) in [6.45, 7) is 10.8. The summed E-state index contributed by atoms with van der Waals surface area (Å²) in [7, 11) is 0. The summed E-state index contributed by atoms with van der Waals surface area (Å²) in [5.74, 6) is 0. The molecule has 3 heterocycles. The predicted molar refractivity (Wildman–Crippen MR) is 127 cm³/mol. The molecule has 0 atom stereocenters. The van der Waals surface area contributed by atoms with Crippen molar-refractivity contribution in [2.24, 2.45) is 0 Å². The van der Waals surface area contributed by atoms with E-state index in [1.165, 1.54) is 29.7 Å². The van der Waals surface area contributed by atoms with Crippen LogP contribution in [0.2, 0.25) is 0 Å². The van der Waals surface area contributed by atoms with Gasteiger partial charge >= 0.3 is 5.63 Å². The molecule has 0 aliphatic carbocycles. The smallest absolute Gasteiger partial charge is 0.342 e. The number of likely N-dealkylation sites (tertiary alicyclic amines) is 1. The molecule has 5 rings (SSSR count).